The average molecular weight is 391 g/mol. The van der Waals surface area contributed by atoms with Gasteiger partial charge in [-0.3, -0.25) is 9.59 Å². The minimum absolute atomic E-state index is 0. The van der Waals surface area contributed by atoms with E-state index in [1.165, 1.54) is 0 Å². The molecule has 1 amide bonds. The first kappa shape index (κ1) is 22.5. The molecule has 0 fully saturated rings. The molecule has 0 unspecified atom stereocenters. The average Bonchev–Trinajstić information content (AvgIpc) is 2.66. The third kappa shape index (κ3) is 7.71. The van der Waals surface area contributed by atoms with Crippen LogP contribution >= 0.6 is 12.4 Å². The molecule has 0 saturated heterocycles. The zero-order valence-corrected chi connectivity index (χ0v) is 16.4. The molecule has 146 valence electrons. The van der Waals surface area contributed by atoms with E-state index in [-0.39, 0.29) is 36.9 Å². The van der Waals surface area contributed by atoms with Crippen LogP contribution in [0.1, 0.15) is 49.4 Å². The van der Waals surface area contributed by atoms with Crippen LogP contribution in [-0.2, 0) is 4.79 Å². The second kappa shape index (κ2) is 12.0. The molecule has 0 bridgehead atoms. The van der Waals surface area contributed by atoms with Crippen LogP contribution in [-0.4, -0.2) is 18.3 Å². The van der Waals surface area contributed by atoms with E-state index >= 15 is 0 Å². The highest BCUT2D eigenvalue weighted by Gasteiger charge is 2.10. The predicted molar refractivity (Wildman–Crippen MR) is 112 cm³/mol. The highest BCUT2D eigenvalue weighted by molar-refractivity contribution is 6.00. The summed E-state index contributed by atoms with van der Waals surface area (Å²) in [4.78, 5) is 24.2. The van der Waals surface area contributed by atoms with Crippen LogP contribution in [0.25, 0.3) is 0 Å². The Labute approximate surface area is 166 Å². The smallest absolute Gasteiger partial charge is 0.224 e. The quantitative estimate of drug-likeness (QED) is 0.345. The molecule has 0 aliphatic heterocycles. The largest absolute Gasteiger partial charge is 0.494 e. The first-order valence-electron chi connectivity index (χ1n) is 9.00. The molecule has 0 aliphatic rings. The van der Waals surface area contributed by atoms with Gasteiger partial charge in [0.1, 0.15) is 5.75 Å². The number of benzene rings is 2. The fraction of sp³-hybridized carbons (Fsp3) is 0.333. The predicted octanol–water partition coefficient (Wildman–Crippen LogP) is 4.86. The molecular weight excluding hydrogens is 364 g/mol. The van der Waals surface area contributed by atoms with Gasteiger partial charge >= 0.3 is 0 Å². The maximum atomic E-state index is 12.2. The van der Waals surface area contributed by atoms with E-state index in [2.05, 4.69) is 12.2 Å². The zero-order valence-electron chi connectivity index (χ0n) is 15.6. The molecule has 0 saturated carbocycles. The van der Waals surface area contributed by atoms with Crippen molar-refractivity contribution in [2.24, 2.45) is 0 Å². The summed E-state index contributed by atoms with van der Waals surface area (Å²) in [5.74, 6) is 0.459. The Balaban J connectivity index is 0.00000364. The second-order valence-corrected chi connectivity index (χ2v) is 6.14. The molecule has 0 radical (unpaired) electrons. The Morgan fingerprint density at radius 2 is 1.70 bits per heavy atom. The van der Waals surface area contributed by atoms with Gasteiger partial charge in [-0.15, -0.1) is 12.4 Å². The van der Waals surface area contributed by atoms with Crippen molar-refractivity contribution in [1.29, 1.82) is 0 Å². The van der Waals surface area contributed by atoms with E-state index in [0.29, 0.717) is 23.5 Å². The van der Waals surface area contributed by atoms with Gasteiger partial charge in [0.05, 0.1) is 18.0 Å². The number of anilines is 2. The highest BCUT2D eigenvalue weighted by Crippen LogP contribution is 2.18. The number of amides is 1. The number of halogens is 1. The monoisotopic (exact) mass is 390 g/mol. The fourth-order valence-electron chi connectivity index (χ4n) is 2.47. The van der Waals surface area contributed by atoms with Crippen LogP contribution in [0.15, 0.2) is 48.5 Å². The lowest BCUT2D eigenvalue weighted by Crippen LogP contribution is -2.14. The Morgan fingerprint density at radius 1 is 1.00 bits per heavy atom. The number of nitrogens with two attached hydrogens (primary N) is 1. The maximum Gasteiger partial charge on any atom is 0.224 e. The zero-order chi connectivity index (χ0) is 18.8. The molecule has 27 heavy (non-hydrogen) atoms. The molecule has 0 heterocycles. The number of carbonyl (C=O) groups excluding carboxylic acids is 2. The topological polar surface area (TPSA) is 81.4 Å². The lowest BCUT2D eigenvalue weighted by Gasteiger charge is -2.08. The third-order valence-electron chi connectivity index (χ3n) is 4.01. The number of ketones is 1. The molecule has 0 aromatic heterocycles. The summed E-state index contributed by atoms with van der Waals surface area (Å²) >= 11 is 0. The molecule has 0 aliphatic carbocycles. The van der Waals surface area contributed by atoms with E-state index < -0.39 is 0 Å². The fourth-order valence-corrected chi connectivity index (χ4v) is 2.47. The van der Waals surface area contributed by atoms with Crippen molar-refractivity contribution in [1.82, 2.24) is 0 Å². The Bertz CT molecular complexity index is 732. The Morgan fingerprint density at radius 3 is 2.37 bits per heavy atom. The van der Waals surface area contributed by atoms with Crippen molar-refractivity contribution in [3.8, 4) is 5.75 Å². The molecular formula is C21H27ClN2O3. The van der Waals surface area contributed by atoms with Gasteiger partial charge in [0.25, 0.3) is 0 Å². The van der Waals surface area contributed by atoms with Gasteiger partial charge in [0.15, 0.2) is 5.78 Å². The Kier molecular flexibility index (Phi) is 9.98. The summed E-state index contributed by atoms with van der Waals surface area (Å²) in [6.45, 7) is 2.83. The lowest BCUT2D eigenvalue weighted by molar-refractivity contribution is -0.116. The highest BCUT2D eigenvalue weighted by atomic mass is 35.5. The van der Waals surface area contributed by atoms with Crippen molar-refractivity contribution in [2.45, 2.75) is 39.0 Å². The number of nitrogen functional groups attached to an aromatic ring is 1. The lowest BCUT2D eigenvalue weighted by atomic mass is 10.1. The van der Waals surface area contributed by atoms with Crippen molar-refractivity contribution in [2.75, 3.05) is 17.7 Å². The van der Waals surface area contributed by atoms with Crippen LogP contribution in [0.5, 0.6) is 5.75 Å². The number of Topliss-reactive ketones (excluding diaryl/α,β-unsaturated/α-hetero) is 1. The number of nitrogens with one attached hydrogen (secondary N) is 1. The number of para-hydroxylation sites is 2. The molecule has 5 nitrogen and oxygen atoms in total. The Hall–Kier alpha value is -2.53. The molecule has 2 aromatic rings. The number of ether oxygens (including phenoxy) is 1. The van der Waals surface area contributed by atoms with E-state index in [9.17, 15) is 9.59 Å². The van der Waals surface area contributed by atoms with Crippen LogP contribution in [0.3, 0.4) is 0 Å². The van der Waals surface area contributed by atoms with E-state index in [0.717, 1.165) is 25.0 Å². The van der Waals surface area contributed by atoms with Crippen molar-refractivity contribution >= 4 is 35.5 Å². The van der Waals surface area contributed by atoms with Crippen LogP contribution < -0.4 is 15.8 Å². The molecule has 0 spiro atoms. The maximum absolute atomic E-state index is 12.2. The summed E-state index contributed by atoms with van der Waals surface area (Å²) < 4.78 is 5.63. The molecule has 2 aromatic carbocycles. The summed E-state index contributed by atoms with van der Waals surface area (Å²) in [6, 6.07) is 14.1. The van der Waals surface area contributed by atoms with E-state index in [1.807, 2.05) is 0 Å². The van der Waals surface area contributed by atoms with Crippen LogP contribution in [0, 0.1) is 0 Å². The van der Waals surface area contributed by atoms with E-state index in [1.54, 1.807) is 48.5 Å². The van der Waals surface area contributed by atoms with Crippen LogP contribution in [0.2, 0.25) is 0 Å². The molecule has 6 heteroatoms. The number of hydrogen-bond donors (Lipinski definition) is 2. The van der Waals surface area contributed by atoms with E-state index in [4.69, 9.17) is 10.5 Å². The molecule has 2 rings (SSSR count). The van der Waals surface area contributed by atoms with Crippen molar-refractivity contribution in [3.63, 3.8) is 0 Å². The first-order chi connectivity index (χ1) is 12.6. The van der Waals surface area contributed by atoms with Gasteiger partial charge in [0.2, 0.25) is 5.91 Å². The molecule has 0 atom stereocenters. The van der Waals surface area contributed by atoms with Gasteiger partial charge in [-0.25, -0.2) is 0 Å². The summed E-state index contributed by atoms with van der Waals surface area (Å²) in [5, 5.41) is 2.72. The summed E-state index contributed by atoms with van der Waals surface area (Å²) in [6.07, 6.45) is 3.59. The summed E-state index contributed by atoms with van der Waals surface area (Å²) in [5.41, 5.74) is 7.44. The molecule has 3 N–H and O–H groups in total. The SMILES string of the molecule is CCCCCOc1ccc(C(=O)CCC(=O)Nc2ccccc2N)cc1.Cl. The van der Waals surface area contributed by atoms with Crippen molar-refractivity contribution in [3.05, 3.63) is 54.1 Å². The van der Waals surface area contributed by atoms with Crippen molar-refractivity contribution < 1.29 is 14.3 Å². The number of rotatable bonds is 10. The van der Waals surface area contributed by atoms with Gasteiger partial charge < -0.3 is 15.8 Å². The normalized spacial score (nSPS) is 9.96. The minimum Gasteiger partial charge on any atom is -0.494 e. The minimum atomic E-state index is -0.230. The van der Waals surface area contributed by atoms with Gasteiger partial charge in [-0.2, -0.15) is 0 Å². The van der Waals surface area contributed by atoms with Crippen LogP contribution in [0.4, 0.5) is 11.4 Å². The third-order valence-corrected chi connectivity index (χ3v) is 4.01. The first-order valence-corrected chi connectivity index (χ1v) is 9.00. The number of carbonyl (C=O) groups is 2. The number of unbranched alkanes of at least 4 members (excludes halogenated alkanes) is 2. The summed E-state index contributed by atoms with van der Waals surface area (Å²) in [7, 11) is 0. The number of hydrogen-bond acceptors (Lipinski definition) is 4. The van der Waals surface area contributed by atoms with Gasteiger partial charge in [-0.1, -0.05) is 31.9 Å². The van der Waals surface area contributed by atoms with Gasteiger partial charge in [-0.05, 0) is 42.8 Å². The standard InChI is InChI=1S/C21H26N2O3.ClH/c1-2-3-6-15-26-17-11-9-16(10-12-17)20(24)13-14-21(25)23-19-8-5-4-7-18(19)22;/h4-5,7-12H,2-3,6,13-15,22H2,1H3,(H,23,25);1H. The van der Waals surface area contributed by atoms with Gasteiger partial charge in [0, 0.05) is 18.4 Å². The second-order valence-electron chi connectivity index (χ2n) is 6.14.